The number of halogens is 1. The first-order chi connectivity index (χ1) is 13.2. The normalized spacial score (nSPS) is 14.8. The fourth-order valence-electron chi connectivity index (χ4n) is 2.84. The number of nitrogens with zero attached hydrogens (tertiary/aromatic N) is 1. The highest BCUT2D eigenvalue weighted by atomic mass is 127. The molecule has 0 amide bonds. The Morgan fingerprint density at radius 3 is 2.29 bits per heavy atom. The minimum absolute atomic E-state index is 0. The predicted octanol–water partition coefficient (Wildman–Crippen LogP) is 2.90. The number of anilines is 1. The van der Waals surface area contributed by atoms with E-state index in [9.17, 15) is 0 Å². The van der Waals surface area contributed by atoms with Gasteiger partial charge in [-0.1, -0.05) is 0 Å². The Kier molecular flexibility index (Phi) is 12.0. The number of guanidine groups is 1. The SMILES string of the molecule is CN=C(NCCCOC1CCOCC1)Nc1cc(OC)c(OC)c(OC)c1.I. The van der Waals surface area contributed by atoms with Crippen LogP contribution in [0.1, 0.15) is 19.3 Å². The zero-order chi connectivity index (χ0) is 19.5. The van der Waals surface area contributed by atoms with Crippen LogP contribution in [0.3, 0.4) is 0 Å². The van der Waals surface area contributed by atoms with Crippen LogP contribution >= 0.6 is 24.0 Å². The molecule has 0 unspecified atom stereocenters. The molecule has 1 heterocycles. The third-order valence-corrected chi connectivity index (χ3v) is 4.29. The van der Waals surface area contributed by atoms with Gasteiger partial charge in [0.05, 0.1) is 27.4 Å². The summed E-state index contributed by atoms with van der Waals surface area (Å²) in [6.45, 7) is 3.08. The molecule has 1 aliphatic heterocycles. The summed E-state index contributed by atoms with van der Waals surface area (Å²) in [4.78, 5) is 4.25. The Morgan fingerprint density at radius 2 is 1.75 bits per heavy atom. The fourth-order valence-corrected chi connectivity index (χ4v) is 2.84. The number of benzene rings is 1. The molecule has 0 spiro atoms. The number of ether oxygens (including phenoxy) is 5. The van der Waals surface area contributed by atoms with E-state index in [4.69, 9.17) is 23.7 Å². The van der Waals surface area contributed by atoms with Gasteiger partial charge in [-0.25, -0.2) is 0 Å². The second-order valence-electron chi connectivity index (χ2n) is 6.07. The van der Waals surface area contributed by atoms with Crippen molar-refractivity contribution in [1.82, 2.24) is 5.32 Å². The molecule has 2 N–H and O–H groups in total. The molecule has 160 valence electrons. The highest BCUT2D eigenvalue weighted by Crippen LogP contribution is 2.39. The van der Waals surface area contributed by atoms with E-state index in [1.54, 1.807) is 28.4 Å². The first kappa shape index (κ1) is 24.6. The smallest absolute Gasteiger partial charge is 0.203 e. The summed E-state index contributed by atoms with van der Waals surface area (Å²) in [6.07, 6.45) is 3.19. The van der Waals surface area contributed by atoms with Gasteiger partial charge in [0.25, 0.3) is 0 Å². The van der Waals surface area contributed by atoms with Crippen molar-refractivity contribution in [3.8, 4) is 17.2 Å². The summed E-state index contributed by atoms with van der Waals surface area (Å²) < 4.78 is 27.3. The van der Waals surface area contributed by atoms with Crippen LogP contribution in [0, 0.1) is 0 Å². The van der Waals surface area contributed by atoms with Gasteiger partial charge in [0.1, 0.15) is 0 Å². The van der Waals surface area contributed by atoms with Gasteiger partial charge < -0.3 is 34.3 Å². The molecular weight excluding hydrogens is 477 g/mol. The number of methoxy groups -OCH3 is 3. The third kappa shape index (κ3) is 7.51. The summed E-state index contributed by atoms with van der Waals surface area (Å²) in [6, 6.07) is 3.67. The van der Waals surface area contributed by atoms with Gasteiger partial charge in [-0.05, 0) is 19.3 Å². The molecular formula is C19H32IN3O5. The lowest BCUT2D eigenvalue weighted by molar-refractivity contribution is -0.0320. The number of rotatable bonds is 9. The Morgan fingerprint density at radius 1 is 1.11 bits per heavy atom. The van der Waals surface area contributed by atoms with Crippen molar-refractivity contribution >= 4 is 35.6 Å². The largest absolute Gasteiger partial charge is 0.493 e. The predicted molar refractivity (Wildman–Crippen MR) is 121 cm³/mol. The topological polar surface area (TPSA) is 82.6 Å². The molecule has 0 saturated carbocycles. The standard InChI is InChI=1S/C19H31N3O5.HI/c1-20-19(21-8-5-9-27-15-6-10-26-11-7-15)22-14-12-16(23-2)18(25-4)17(13-14)24-3;/h12-13,15H,5-11H2,1-4H3,(H2,20,21,22);1H. The van der Waals surface area contributed by atoms with Gasteiger partial charge in [-0.2, -0.15) is 0 Å². The molecule has 1 aromatic carbocycles. The first-order valence-corrected chi connectivity index (χ1v) is 9.18. The molecule has 8 nitrogen and oxygen atoms in total. The van der Waals surface area contributed by atoms with Crippen molar-refractivity contribution in [1.29, 1.82) is 0 Å². The summed E-state index contributed by atoms with van der Waals surface area (Å²) in [5, 5.41) is 6.52. The second kappa shape index (κ2) is 13.7. The molecule has 0 bridgehead atoms. The molecule has 1 aromatic rings. The molecule has 9 heteroatoms. The minimum atomic E-state index is 0. The second-order valence-corrected chi connectivity index (χ2v) is 6.07. The zero-order valence-electron chi connectivity index (χ0n) is 17.1. The fraction of sp³-hybridized carbons (Fsp3) is 0.632. The van der Waals surface area contributed by atoms with Gasteiger partial charge in [0, 0.05) is 51.2 Å². The van der Waals surface area contributed by atoms with E-state index in [1.165, 1.54) is 0 Å². The molecule has 1 saturated heterocycles. The van der Waals surface area contributed by atoms with Crippen LogP contribution < -0.4 is 24.8 Å². The van der Waals surface area contributed by atoms with Gasteiger partial charge >= 0.3 is 0 Å². The minimum Gasteiger partial charge on any atom is -0.493 e. The average Bonchev–Trinajstić information content (AvgIpc) is 2.72. The van der Waals surface area contributed by atoms with E-state index in [2.05, 4.69) is 15.6 Å². The molecule has 1 fully saturated rings. The molecule has 0 aliphatic carbocycles. The highest BCUT2D eigenvalue weighted by Gasteiger charge is 2.15. The summed E-state index contributed by atoms with van der Waals surface area (Å²) >= 11 is 0. The van der Waals surface area contributed by atoms with Crippen LogP contribution in [0.15, 0.2) is 17.1 Å². The Bertz CT molecular complexity index is 584. The lowest BCUT2D eigenvalue weighted by atomic mass is 10.1. The highest BCUT2D eigenvalue weighted by molar-refractivity contribution is 14.0. The number of hydrogen-bond acceptors (Lipinski definition) is 6. The van der Waals surface area contributed by atoms with Gasteiger partial charge in [0.2, 0.25) is 5.75 Å². The van der Waals surface area contributed by atoms with E-state index in [-0.39, 0.29) is 24.0 Å². The summed E-state index contributed by atoms with van der Waals surface area (Å²) in [5.41, 5.74) is 0.788. The van der Waals surface area contributed by atoms with Gasteiger partial charge in [-0.3, -0.25) is 4.99 Å². The van der Waals surface area contributed by atoms with E-state index < -0.39 is 0 Å². The van der Waals surface area contributed by atoms with E-state index in [0.29, 0.717) is 29.3 Å². The maximum Gasteiger partial charge on any atom is 0.203 e. The van der Waals surface area contributed by atoms with E-state index in [0.717, 1.165) is 51.3 Å². The van der Waals surface area contributed by atoms with Crippen LogP contribution in [-0.4, -0.2) is 66.8 Å². The third-order valence-electron chi connectivity index (χ3n) is 4.29. The molecule has 0 atom stereocenters. The van der Waals surface area contributed by atoms with Gasteiger partial charge in [0.15, 0.2) is 17.5 Å². The summed E-state index contributed by atoms with van der Waals surface area (Å²) in [5.74, 6) is 2.38. The lowest BCUT2D eigenvalue weighted by Gasteiger charge is -2.22. The Balaban J connectivity index is 0.00000392. The zero-order valence-corrected chi connectivity index (χ0v) is 19.4. The van der Waals surface area contributed by atoms with Crippen molar-refractivity contribution in [2.45, 2.75) is 25.4 Å². The van der Waals surface area contributed by atoms with E-state index in [1.807, 2.05) is 12.1 Å². The van der Waals surface area contributed by atoms with Crippen molar-refractivity contribution in [3.05, 3.63) is 12.1 Å². The number of hydrogen-bond donors (Lipinski definition) is 2. The quantitative estimate of drug-likeness (QED) is 0.229. The average molecular weight is 509 g/mol. The van der Waals surface area contributed by atoms with Gasteiger partial charge in [-0.15, -0.1) is 24.0 Å². The molecule has 0 aromatic heterocycles. The van der Waals surface area contributed by atoms with Crippen molar-refractivity contribution in [2.24, 2.45) is 4.99 Å². The molecule has 1 aliphatic rings. The van der Waals surface area contributed by atoms with Crippen LogP contribution in [0.4, 0.5) is 5.69 Å². The summed E-state index contributed by atoms with van der Waals surface area (Å²) in [7, 11) is 6.49. The first-order valence-electron chi connectivity index (χ1n) is 9.18. The Hall–Kier alpha value is -1.46. The van der Waals surface area contributed by atoms with E-state index >= 15 is 0 Å². The van der Waals surface area contributed by atoms with Crippen LogP contribution in [0.5, 0.6) is 17.2 Å². The lowest BCUT2D eigenvalue weighted by Crippen LogP contribution is -2.32. The monoisotopic (exact) mass is 509 g/mol. The van der Waals surface area contributed by atoms with Crippen LogP contribution in [-0.2, 0) is 9.47 Å². The van der Waals surface area contributed by atoms with Crippen molar-refractivity contribution < 1.29 is 23.7 Å². The van der Waals surface area contributed by atoms with Crippen molar-refractivity contribution in [2.75, 3.05) is 60.1 Å². The maximum absolute atomic E-state index is 5.88. The molecule has 0 radical (unpaired) electrons. The Labute approximate surface area is 184 Å². The maximum atomic E-state index is 5.88. The number of nitrogens with one attached hydrogen (secondary N) is 2. The van der Waals surface area contributed by atoms with Crippen LogP contribution in [0.25, 0.3) is 0 Å². The van der Waals surface area contributed by atoms with Crippen molar-refractivity contribution in [3.63, 3.8) is 0 Å². The molecule has 28 heavy (non-hydrogen) atoms. The molecule has 2 rings (SSSR count). The van der Waals surface area contributed by atoms with Crippen LogP contribution in [0.2, 0.25) is 0 Å². The number of aliphatic imine (C=N–C) groups is 1.